The fraction of sp³-hybridized carbons (Fsp3) is 0.500. The van der Waals surface area contributed by atoms with Crippen LogP contribution in [0.2, 0.25) is 0 Å². The largest absolute Gasteiger partial charge is 0.496 e. The van der Waals surface area contributed by atoms with E-state index >= 15 is 0 Å². The number of carbonyl (C=O) groups is 1. The predicted molar refractivity (Wildman–Crippen MR) is 78.3 cm³/mol. The number of hydrogen-bond acceptors (Lipinski definition) is 3. The SMILES string of the molecule is COc1cc(C(=O)N2CCNC[C@H]2C)ccc1C.Cl. The third-order valence-corrected chi connectivity index (χ3v) is 3.42. The number of nitrogens with one attached hydrogen (secondary N) is 1. The van der Waals surface area contributed by atoms with Gasteiger partial charge < -0.3 is 15.0 Å². The average molecular weight is 285 g/mol. The molecule has 1 saturated heterocycles. The van der Waals surface area contributed by atoms with Crippen LogP contribution >= 0.6 is 12.4 Å². The maximum atomic E-state index is 12.4. The highest BCUT2D eigenvalue weighted by Gasteiger charge is 2.24. The molecule has 0 aromatic heterocycles. The summed E-state index contributed by atoms with van der Waals surface area (Å²) >= 11 is 0. The van der Waals surface area contributed by atoms with Crippen LogP contribution < -0.4 is 10.1 Å². The van der Waals surface area contributed by atoms with Gasteiger partial charge in [-0.2, -0.15) is 0 Å². The molecule has 5 heteroatoms. The van der Waals surface area contributed by atoms with E-state index in [2.05, 4.69) is 12.2 Å². The molecule has 1 amide bonds. The minimum Gasteiger partial charge on any atom is -0.496 e. The number of piperazine rings is 1. The fourth-order valence-electron chi connectivity index (χ4n) is 2.26. The van der Waals surface area contributed by atoms with E-state index in [0.29, 0.717) is 5.56 Å². The molecule has 19 heavy (non-hydrogen) atoms. The molecular weight excluding hydrogens is 264 g/mol. The lowest BCUT2D eigenvalue weighted by molar-refractivity contribution is 0.0655. The summed E-state index contributed by atoms with van der Waals surface area (Å²) in [5, 5.41) is 3.28. The van der Waals surface area contributed by atoms with Gasteiger partial charge in [-0.3, -0.25) is 4.79 Å². The Morgan fingerprint density at radius 3 is 2.84 bits per heavy atom. The molecule has 0 aliphatic carbocycles. The summed E-state index contributed by atoms with van der Waals surface area (Å²) in [5.74, 6) is 0.853. The van der Waals surface area contributed by atoms with Crippen molar-refractivity contribution in [3.63, 3.8) is 0 Å². The van der Waals surface area contributed by atoms with E-state index in [1.54, 1.807) is 7.11 Å². The number of ether oxygens (including phenoxy) is 1. The molecule has 0 radical (unpaired) electrons. The van der Waals surface area contributed by atoms with Gasteiger partial charge in [-0.1, -0.05) is 6.07 Å². The molecular formula is C14H21ClN2O2. The molecule has 1 aliphatic rings. The molecule has 1 N–H and O–H groups in total. The van der Waals surface area contributed by atoms with Gasteiger partial charge in [0.2, 0.25) is 0 Å². The Balaban J connectivity index is 0.00000180. The standard InChI is InChI=1S/C14H20N2O2.ClH/c1-10-4-5-12(8-13(10)18-3)14(17)16-7-6-15-9-11(16)2;/h4-5,8,11,15H,6-7,9H2,1-3H3;1H/t11-;/m1./s1. The number of benzene rings is 1. The van der Waals surface area contributed by atoms with Gasteiger partial charge in [0, 0.05) is 31.2 Å². The maximum Gasteiger partial charge on any atom is 0.254 e. The molecule has 0 bridgehead atoms. The molecule has 1 aromatic rings. The first-order valence-electron chi connectivity index (χ1n) is 6.30. The summed E-state index contributed by atoms with van der Waals surface area (Å²) in [6.45, 7) is 6.51. The van der Waals surface area contributed by atoms with Crippen molar-refractivity contribution < 1.29 is 9.53 Å². The van der Waals surface area contributed by atoms with Crippen molar-refractivity contribution in [1.82, 2.24) is 10.2 Å². The molecule has 0 spiro atoms. The van der Waals surface area contributed by atoms with Gasteiger partial charge in [0.25, 0.3) is 5.91 Å². The Bertz CT molecular complexity index is 451. The smallest absolute Gasteiger partial charge is 0.254 e. The number of carbonyl (C=O) groups excluding carboxylic acids is 1. The Morgan fingerprint density at radius 1 is 1.47 bits per heavy atom. The van der Waals surface area contributed by atoms with Crippen LogP contribution in [0.4, 0.5) is 0 Å². The number of methoxy groups -OCH3 is 1. The summed E-state index contributed by atoms with van der Waals surface area (Å²) in [4.78, 5) is 14.3. The van der Waals surface area contributed by atoms with Crippen LogP contribution in [0, 0.1) is 6.92 Å². The summed E-state index contributed by atoms with van der Waals surface area (Å²) in [6.07, 6.45) is 0. The minimum atomic E-state index is 0. The molecule has 4 nitrogen and oxygen atoms in total. The maximum absolute atomic E-state index is 12.4. The molecule has 1 aromatic carbocycles. The van der Waals surface area contributed by atoms with Crippen molar-refractivity contribution in [1.29, 1.82) is 0 Å². The molecule has 0 saturated carbocycles. The Hall–Kier alpha value is -1.26. The lowest BCUT2D eigenvalue weighted by Gasteiger charge is -2.34. The van der Waals surface area contributed by atoms with Gasteiger partial charge in [-0.15, -0.1) is 12.4 Å². The predicted octanol–water partition coefficient (Wildman–Crippen LogP) is 1.86. The molecule has 0 unspecified atom stereocenters. The molecule has 1 atom stereocenters. The topological polar surface area (TPSA) is 41.6 Å². The molecule has 1 aliphatic heterocycles. The number of halogens is 1. The first-order valence-corrected chi connectivity index (χ1v) is 6.30. The van der Waals surface area contributed by atoms with Crippen LogP contribution in [0.15, 0.2) is 18.2 Å². The quantitative estimate of drug-likeness (QED) is 0.901. The Labute approximate surface area is 120 Å². The van der Waals surface area contributed by atoms with Gasteiger partial charge in [-0.05, 0) is 31.5 Å². The second-order valence-electron chi connectivity index (χ2n) is 4.74. The molecule has 2 rings (SSSR count). The number of nitrogens with zero attached hydrogens (tertiary/aromatic N) is 1. The molecule has 106 valence electrons. The second-order valence-corrected chi connectivity index (χ2v) is 4.74. The highest BCUT2D eigenvalue weighted by atomic mass is 35.5. The van der Waals surface area contributed by atoms with Gasteiger partial charge in [-0.25, -0.2) is 0 Å². The molecule has 1 fully saturated rings. The highest BCUT2D eigenvalue weighted by Crippen LogP contribution is 2.20. The highest BCUT2D eigenvalue weighted by molar-refractivity contribution is 5.95. The average Bonchev–Trinajstić information content (AvgIpc) is 2.39. The number of aryl methyl sites for hydroxylation is 1. The van der Waals surface area contributed by atoms with Crippen LogP contribution in [0.3, 0.4) is 0 Å². The van der Waals surface area contributed by atoms with Crippen molar-refractivity contribution in [3.05, 3.63) is 29.3 Å². The van der Waals surface area contributed by atoms with E-state index in [0.717, 1.165) is 30.9 Å². The van der Waals surface area contributed by atoms with Crippen molar-refractivity contribution in [2.45, 2.75) is 19.9 Å². The van der Waals surface area contributed by atoms with E-state index in [-0.39, 0.29) is 24.4 Å². The van der Waals surface area contributed by atoms with Crippen molar-refractivity contribution in [2.75, 3.05) is 26.7 Å². The number of amides is 1. The zero-order chi connectivity index (χ0) is 13.1. The summed E-state index contributed by atoms with van der Waals surface area (Å²) in [7, 11) is 1.63. The van der Waals surface area contributed by atoms with Crippen LogP contribution in [-0.2, 0) is 0 Å². The summed E-state index contributed by atoms with van der Waals surface area (Å²) in [6, 6.07) is 5.86. The zero-order valence-electron chi connectivity index (χ0n) is 11.6. The van der Waals surface area contributed by atoms with E-state index in [1.165, 1.54) is 0 Å². The second kappa shape index (κ2) is 6.78. The van der Waals surface area contributed by atoms with Gasteiger partial charge in [0.05, 0.1) is 7.11 Å². The minimum absolute atomic E-state index is 0. The normalized spacial score (nSPS) is 18.7. The van der Waals surface area contributed by atoms with E-state index in [9.17, 15) is 4.79 Å². The van der Waals surface area contributed by atoms with Crippen molar-refractivity contribution >= 4 is 18.3 Å². The van der Waals surface area contributed by atoms with Gasteiger partial charge in [0.15, 0.2) is 0 Å². The van der Waals surface area contributed by atoms with Crippen molar-refractivity contribution in [3.8, 4) is 5.75 Å². The van der Waals surface area contributed by atoms with Crippen molar-refractivity contribution in [2.24, 2.45) is 0 Å². The third kappa shape index (κ3) is 3.39. The Morgan fingerprint density at radius 2 is 2.21 bits per heavy atom. The van der Waals surface area contributed by atoms with Gasteiger partial charge in [0.1, 0.15) is 5.75 Å². The zero-order valence-corrected chi connectivity index (χ0v) is 12.4. The summed E-state index contributed by atoms with van der Waals surface area (Å²) in [5.41, 5.74) is 1.74. The third-order valence-electron chi connectivity index (χ3n) is 3.42. The van der Waals surface area contributed by atoms with E-state index in [1.807, 2.05) is 30.0 Å². The van der Waals surface area contributed by atoms with E-state index in [4.69, 9.17) is 4.74 Å². The lowest BCUT2D eigenvalue weighted by Crippen LogP contribution is -2.52. The van der Waals surface area contributed by atoms with Gasteiger partial charge >= 0.3 is 0 Å². The van der Waals surface area contributed by atoms with Crippen LogP contribution in [-0.4, -0.2) is 43.6 Å². The first-order chi connectivity index (χ1) is 8.63. The van der Waals surface area contributed by atoms with Crippen LogP contribution in [0.25, 0.3) is 0 Å². The fourth-order valence-corrected chi connectivity index (χ4v) is 2.26. The molecule has 1 heterocycles. The van der Waals surface area contributed by atoms with Crippen LogP contribution in [0.5, 0.6) is 5.75 Å². The number of rotatable bonds is 2. The lowest BCUT2D eigenvalue weighted by atomic mass is 10.1. The number of hydrogen-bond donors (Lipinski definition) is 1. The van der Waals surface area contributed by atoms with E-state index < -0.39 is 0 Å². The summed E-state index contributed by atoms with van der Waals surface area (Å²) < 4.78 is 5.27. The first kappa shape index (κ1) is 15.8. The Kier molecular flexibility index (Phi) is 5.63. The monoisotopic (exact) mass is 284 g/mol. The van der Waals surface area contributed by atoms with Crippen LogP contribution in [0.1, 0.15) is 22.8 Å².